The second-order valence-electron chi connectivity index (χ2n) is 4.18. The summed E-state index contributed by atoms with van der Waals surface area (Å²) in [6.45, 7) is 0. The van der Waals surface area contributed by atoms with E-state index in [2.05, 4.69) is 0 Å². The summed E-state index contributed by atoms with van der Waals surface area (Å²) in [4.78, 5) is -0.143. The SMILES string of the molecule is Nc1ccc(S(=O)(=O)Cc2ccc(Cl)cc2Cl)cc1F. The Bertz CT molecular complexity index is 763. The first-order valence-corrected chi connectivity index (χ1v) is 7.92. The van der Waals surface area contributed by atoms with E-state index in [9.17, 15) is 12.8 Å². The summed E-state index contributed by atoms with van der Waals surface area (Å²) in [5.41, 5.74) is 5.61. The van der Waals surface area contributed by atoms with Gasteiger partial charge in [0.25, 0.3) is 0 Å². The van der Waals surface area contributed by atoms with Gasteiger partial charge in [0.1, 0.15) is 5.82 Å². The molecule has 0 aliphatic carbocycles. The van der Waals surface area contributed by atoms with Crippen LogP contribution in [0.15, 0.2) is 41.3 Å². The maximum absolute atomic E-state index is 13.3. The summed E-state index contributed by atoms with van der Waals surface area (Å²) >= 11 is 11.7. The van der Waals surface area contributed by atoms with Gasteiger partial charge in [0.15, 0.2) is 9.84 Å². The molecule has 2 aromatic rings. The highest BCUT2D eigenvalue weighted by atomic mass is 35.5. The lowest BCUT2D eigenvalue weighted by Crippen LogP contribution is -2.06. The highest BCUT2D eigenvalue weighted by molar-refractivity contribution is 7.90. The lowest BCUT2D eigenvalue weighted by molar-refractivity contribution is 0.591. The second-order valence-corrected chi connectivity index (χ2v) is 7.01. The highest BCUT2D eigenvalue weighted by Crippen LogP contribution is 2.26. The molecule has 0 radical (unpaired) electrons. The summed E-state index contributed by atoms with van der Waals surface area (Å²) in [7, 11) is -3.71. The van der Waals surface area contributed by atoms with Crippen LogP contribution in [0, 0.1) is 5.82 Å². The van der Waals surface area contributed by atoms with Gasteiger partial charge in [0, 0.05) is 10.0 Å². The molecule has 20 heavy (non-hydrogen) atoms. The Morgan fingerprint density at radius 3 is 2.40 bits per heavy atom. The summed E-state index contributed by atoms with van der Waals surface area (Å²) in [6, 6.07) is 7.90. The molecule has 0 aromatic heterocycles. The first-order chi connectivity index (χ1) is 9.29. The quantitative estimate of drug-likeness (QED) is 0.871. The van der Waals surface area contributed by atoms with Gasteiger partial charge in [-0.05, 0) is 35.9 Å². The zero-order valence-electron chi connectivity index (χ0n) is 10.1. The third-order valence-corrected chi connectivity index (χ3v) is 4.94. The molecule has 0 amide bonds. The molecule has 2 aromatic carbocycles. The molecule has 0 saturated carbocycles. The Morgan fingerprint density at radius 1 is 1.10 bits per heavy atom. The van der Waals surface area contributed by atoms with Crippen LogP contribution in [0.2, 0.25) is 10.0 Å². The zero-order valence-corrected chi connectivity index (χ0v) is 12.4. The Labute approximate surface area is 126 Å². The first kappa shape index (κ1) is 15.1. The number of nitrogen functional groups attached to an aromatic ring is 1. The summed E-state index contributed by atoms with van der Waals surface area (Å²) in [6.07, 6.45) is 0. The lowest BCUT2D eigenvalue weighted by Gasteiger charge is -2.07. The van der Waals surface area contributed by atoms with Gasteiger partial charge in [0.2, 0.25) is 0 Å². The average molecular weight is 334 g/mol. The van der Waals surface area contributed by atoms with Crippen LogP contribution in [-0.2, 0) is 15.6 Å². The molecule has 0 unspecified atom stereocenters. The Morgan fingerprint density at radius 2 is 1.80 bits per heavy atom. The van der Waals surface area contributed by atoms with Crippen molar-refractivity contribution < 1.29 is 12.8 Å². The van der Waals surface area contributed by atoms with Crippen molar-refractivity contribution in [1.29, 1.82) is 0 Å². The fraction of sp³-hybridized carbons (Fsp3) is 0.0769. The number of halogens is 3. The monoisotopic (exact) mass is 333 g/mol. The summed E-state index contributed by atoms with van der Waals surface area (Å²) < 4.78 is 37.8. The van der Waals surface area contributed by atoms with Gasteiger partial charge in [-0.1, -0.05) is 29.3 Å². The molecule has 3 nitrogen and oxygen atoms in total. The predicted molar refractivity (Wildman–Crippen MR) is 78.2 cm³/mol. The molecule has 0 fully saturated rings. The molecular weight excluding hydrogens is 324 g/mol. The topological polar surface area (TPSA) is 60.2 Å². The molecule has 2 rings (SSSR count). The summed E-state index contributed by atoms with van der Waals surface area (Å²) in [5, 5.41) is 0.659. The maximum Gasteiger partial charge on any atom is 0.182 e. The Hall–Kier alpha value is -1.30. The molecule has 0 saturated heterocycles. The Balaban J connectivity index is 2.38. The van der Waals surface area contributed by atoms with E-state index in [0.717, 1.165) is 6.07 Å². The van der Waals surface area contributed by atoms with Crippen molar-refractivity contribution in [3.05, 3.63) is 57.8 Å². The number of hydrogen-bond acceptors (Lipinski definition) is 3. The van der Waals surface area contributed by atoms with E-state index in [0.29, 0.717) is 10.6 Å². The molecule has 0 aliphatic heterocycles. The van der Waals surface area contributed by atoms with E-state index in [1.54, 1.807) is 6.07 Å². The number of sulfone groups is 1. The van der Waals surface area contributed by atoms with E-state index < -0.39 is 15.7 Å². The van der Waals surface area contributed by atoms with Crippen LogP contribution in [0.25, 0.3) is 0 Å². The van der Waals surface area contributed by atoms with Crippen LogP contribution < -0.4 is 5.73 Å². The number of rotatable bonds is 3. The number of nitrogens with two attached hydrogens (primary N) is 1. The van der Waals surface area contributed by atoms with Crippen LogP contribution >= 0.6 is 23.2 Å². The molecule has 0 spiro atoms. The van der Waals surface area contributed by atoms with E-state index in [-0.39, 0.29) is 21.4 Å². The van der Waals surface area contributed by atoms with Crippen molar-refractivity contribution in [3.63, 3.8) is 0 Å². The van der Waals surface area contributed by atoms with Crippen LogP contribution in [-0.4, -0.2) is 8.42 Å². The first-order valence-electron chi connectivity index (χ1n) is 5.51. The maximum atomic E-state index is 13.3. The smallest absolute Gasteiger partial charge is 0.182 e. The fourth-order valence-corrected chi connectivity index (χ4v) is 3.57. The minimum Gasteiger partial charge on any atom is -0.396 e. The van der Waals surface area contributed by atoms with Crippen LogP contribution in [0.3, 0.4) is 0 Å². The standard InChI is InChI=1S/C13H10Cl2FNO2S/c14-9-2-1-8(11(15)5-9)7-20(18,19)10-3-4-13(17)12(16)6-10/h1-6H,7,17H2. The number of benzene rings is 2. The summed E-state index contributed by atoms with van der Waals surface area (Å²) in [5.74, 6) is -1.11. The third kappa shape index (κ3) is 3.23. The third-order valence-electron chi connectivity index (χ3n) is 2.69. The van der Waals surface area contributed by atoms with E-state index in [1.165, 1.54) is 24.3 Å². The van der Waals surface area contributed by atoms with Crippen molar-refractivity contribution in [2.75, 3.05) is 5.73 Å². The van der Waals surface area contributed by atoms with Gasteiger partial charge in [-0.15, -0.1) is 0 Å². The van der Waals surface area contributed by atoms with Gasteiger partial charge in [-0.3, -0.25) is 0 Å². The lowest BCUT2D eigenvalue weighted by atomic mass is 10.2. The zero-order chi connectivity index (χ0) is 14.9. The van der Waals surface area contributed by atoms with Crippen molar-refractivity contribution in [1.82, 2.24) is 0 Å². The van der Waals surface area contributed by atoms with Gasteiger partial charge >= 0.3 is 0 Å². The molecule has 2 N–H and O–H groups in total. The molecule has 0 bridgehead atoms. The average Bonchev–Trinajstić information content (AvgIpc) is 2.36. The van der Waals surface area contributed by atoms with Crippen molar-refractivity contribution in [2.24, 2.45) is 0 Å². The minimum atomic E-state index is -3.71. The molecule has 0 heterocycles. The van der Waals surface area contributed by atoms with Crippen molar-refractivity contribution in [2.45, 2.75) is 10.6 Å². The molecule has 0 atom stereocenters. The number of anilines is 1. The van der Waals surface area contributed by atoms with Gasteiger partial charge in [-0.25, -0.2) is 12.8 Å². The Kier molecular flexibility index (Phi) is 4.22. The van der Waals surface area contributed by atoms with E-state index >= 15 is 0 Å². The highest BCUT2D eigenvalue weighted by Gasteiger charge is 2.18. The van der Waals surface area contributed by atoms with Crippen LogP contribution in [0.4, 0.5) is 10.1 Å². The van der Waals surface area contributed by atoms with Gasteiger partial charge in [0.05, 0.1) is 16.3 Å². The van der Waals surface area contributed by atoms with Gasteiger partial charge in [-0.2, -0.15) is 0 Å². The fourth-order valence-electron chi connectivity index (χ4n) is 1.63. The molecular formula is C13H10Cl2FNO2S. The van der Waals surface area contributed by atoms with Crippen molar-refractivity contribution in [3.8, 4) is 0 Å². The van der Waals surface area contributed by atoms with Crippen LogP contribution in [0.1, 0.15) is 5.56 Å². The molecule has 106 valence electrons. The minimum absolute atomic E-state index is 0.103. The number of hydrogen-bond donors (Lipinski definition) is 1. The van der Waals surface area contributed by atoms with Crippen molar-refractivity contribution >= 4 is 38.7 Å². The molecule has 7 heteroatoms. The molecule has 0 aliphatic rings. The normalized spacial score (nSPS) is 11.6. The van der Waals surface area contributed by atoms with Crippen LogP contribution in [0.5, 0.6) is 0 Å². The van der Waals surface area contributed by atoms with Gasteiger partial charge < -0.3 is 5.73 Å². The van der Waals surface area contributed by atoms with E-state index in [4.69, 9.17) is 28.9 Å². The second kappa shape index (κ2) is 5.60. The predicted octanol–water partition coefficient (Wildman–Crippen LogP) is 3.69. The largest absolute Gasteiger partial charge is 0.396 e. The van der Waals surface area contributed by atoms with E-state index in [1.807, 2.05) is 0 Å².